The highest BCUT2D eigenvalue weighted by molar-refractivity contribution is 5.76. The van der Waals surface area contributed by atoms with Crippen LogP contribution >= 0.6 is 0 Å². The average molecular weight is 499 g/mol. The summed E-state index contributed by atoms with van der Waals surface area (Å²) in [5.41, 5.74) is 9.20. The van der Waals surface area contributed by atoms with Crippen LogP contribution in [-0.4, -0.2) is 29.2 Å². The van der Waals surface area contributed by atoms with Crippen molar-refractivity contribution in [3.63, 3.8) is 0 Å². The lowest BCUT2D eigenvalue weighted by molar-refractivity contribution is -0.169. The molecule has 0 unspecified atom stereocenters. The Kier molecular flexibility index (Phi) is 7.67. The molecule has 1 amide bonds. The highest BCUT2D eigenvalue weighted by atomic mass is 16.3. The molecule has 0 aromatic carbocycles. The van der Waals surface area contributed by atoms with Crippen LogP contribution in [0.25, 0.3) is 10.4 Å². The minimum atomic E-state index is -0.250. The maximum atomic E-state index is 12.7. The molecule has 0 saturated heterocycles. The largest absolute Gasteiger partial charge is 0.393 e. The van der Waals surface area contributed by atoms with Crippen molar-refractivity contribution in [2.45, 2.75) is 135 Å². The minimum absolute atomic E-state index is 0.0219. The summed E-state index contributed by atoms with van der Waals surface area (Å²) in [5.74, 6) is 3.73. The molecule has 2 N–H and O–H groups in total. The summed E-state index contributed by atoms with van der Waals surface area (Å²) in [5, 5.41) is 19.2. The molecular formula is C30H50N4O2. The number of carbonyl (C=O) groups excluding carboxylic acids is 1. The molecule has 0 spiro atoms. The van der Waals surface area contributed by atoms with Crippen LogP contribution in [0.1, 0.15) is 117 Å². The SMILES string of the molecule is C[C@H](CCC(=O)NC1CCCCC1)[C@H]1CC[C@H]2[C@@H]3CC[C@@H]4C[C@@H](N=[N+]=[N-])CC[C@]4(C)[C@H]3C[C@H](O)[C@]12C. The number of rotatable bonds is 6. The summed E-state index contributed by atoms with van der Waals surface area (Å²) in [6, 6.07) is 0.556. The maximum absolute atomic E-state index is 12.7. The molecule has 5 rings (SSSR count). The first-order chi connectivity index (χ1) is 17.3. The van der Waals surface area contributed by atoms with Crippen molar-refractivity contribution in [3.05, 3.63) is 10.4 Å². The summed E-state index contributed by atoms with van der Waals surface area (Å²) in [7, 11) is 0. The number of nitrogens with one attached hydrogen (secondary N) is 1. The smallest absolute Gasteiger partial charge is 0.220 e. The van der Waals surface area contributed by atoms with Crippen molar-refractivity contribution in [2.75, 3.05) is 0 Å². The van der Waals surface area contributed by atoms with Gasteiger partial charge in [-0.3, -0.25) is 4.79 Å². The third-order valence-electron chi connectivity index (χ3n) is 12.5. The van der Waals surface area contributed by atoms with Crippen LogP contribution in [0.15, 0.2) is 5.11 Å². The van der Waals surface area contributed by atoms with E-state index < -0.39 is 0 Å². The zero-order valence-corrected chi connectivity index (χ0v) is 23.0. The van der Waals surface area contributed by atoms with Gasteiger partial charge in [-0.1, -0.05) is 45.1 Å². The summed E-state index contributed by atoms with van der Waals surface area (Å²) in [4.78, 5) is 15.8. The lowest BCUT2D eigenvalue weighted by Crippen LogP contribution is -2.58. The van der Waals surface area contributed by atoms with Gasteiger partial charge in [0.15, 0.2) is 0 Å². The molecule has 5 aliphatic carbocycles. The second kappa shape index (κ2) is 10.5. The second-order valence-electron chi connectivity index (χ2n) is 14.0. The zero-order valence-electron chi connectivity index (χ0n) is 23.0. The average Bonchev–Trinajstić information content (AvgIpc) is 3.23. The van der Waals surface area contributed by atoms with Crippen LogP contribution in [0.4, 0.5) is 0 Å². The van der Waals surface area contributed by atoms with Crippen LogP contribution < -0.4 is 5.32 Å². The number of amides is 1. The fraction of sp³-hybridized carbons (Fsp3) is 0.967. The van der Waals surface area contributed by atoms with Crippen molar-refractivity contribution in [2.24, 2.45) is 51.5 Å². The van der Waals surface area contributed by atoms with Gasteiger partial charge in [-0.25, -0.2) is 0 Å². The monoisotopic (exact) mass is 498 g/mol. The summed E-state index contributed by atoms with van der Waals surface area (Å²) in [6.07, 6.45) is 16.5. The number of aliphatic hydroxyl groups is 1. The lowest BCUT2D eigenvalue weighted by Gasteiger charge is -2.62. The summed E-state index contributed by atoms with van der Waals surface area (Å²) < 4.78 is 0. The number of carbonyl (C=O) groups is 1. The summed E-state index contributed by atoms with van der Waals surface area (Å²) in [6.45, 7) is 7.25. The van der Waals surface area contributed by atoms with Gasteiger partial charge in [0.25, 0.3) is 0 Å². The van der Waals surface area contributed by atoms with E-state index in [1.54, 1.807) is 0 Å². The van der Waals surface area contributed by atoms with Crippen molar-refractivity contribution >= 4 is 5.91 Å². The Balaban J connectivity index is 1.23. The maximum Gasteiger partial charge on any atom is 0.220 e. The van der Waals surface area contributed by atoms with Gasteiger partial charge in [0.2, 0.25) is 5.91 Å². The predicted octanol–water partition coefficient (Wildman–Crippen LogP) is 7.16. The molecule has 5 aliphatic rings. The topological polar surface area (TPSA) is 98.1 Å². The molecule has 0 heterocycles. The minimum Gasteiger partial charge on any atom is -0.393 e. The van der Waals surface area contributed by atoms with Gasteiger partial charge in [0.1, 0.15) is 0 Å². The Morgan fingerprint density at radius 1 is 1.06 bits per heavy atom. The van der Waals surface area contributed by atoms with Gasteiger partial charge in [0.05, 0.1) is 6.10 Å². The molecule has 5 fully saturated rings. The van der Waals surface area contributed by atoms with Crippen molar-refractivity contribution in [1.82, 2.24) is 5.32 Å². The third-order valence-corrected chi connectivity index (χ3v) is 12.5. The number of aliphatic hydroxyl groups excluding tert-OH is 1. The van der Waals surface area contributed by atoms with E-state index in [9.17, 15) is 9.90 Å². The van der Waals surface area contributed by atoms with E-state index in [4.69, 9.17) is 5.53 Å². The van der Waals surface area contributed by atoms with Gasteiger partial charge in [0, 0.05) is 23.4 Å². The first-order valence-electron chi connectivity index (χ1n) is 15.3. The quantitative estimate of drug-likeness (QED) is 0.231. The summed E-state index contributed by atoms with van der Waals surface area (Å²) >= 11 is 0. The van der Waals surface area contributed by atoms with Crippen LogP contribution in [0, 0.1) is 46.3 Å². The van der Waals surface area contributed by atoms with E-state index in [0.29, 0.717) is 48.0 Å². The number of hydrogen-bond donors (Lipinski definition) is 2. The van der Waals surface area contributed by atoms with Gasteiger partial charge in [-0.15, -0.1) is 0 Å². The number of fused-ring (bicyclic) bond motifs is 5. The highest BCUT2D eigenvalue weighted by Gasteiger charge is 2.63. The lowest BCUT2D eigenvalue weighted by atomic mass is 9.43. The van der Waals surface area contributed by atoms with E-state index in [2.05, 4.69) is 36.1 Å². The fourth-order valence-corrected chi connectivity index (χ4v) is 10.4. The molecule has 0 bridgehead atoms. The van der Waals surface area contributed by atoms with Crippen molar-refractivity contribution in [3.8, 4) is 0 Å². The highest BCUT2D eigenvalue weighted by Crippen LogP contribution is 2.68. The Labute approximate surface area is 218 Å². The van der Waals surface area contributed by atoms with Crippen LogP contribution in [0.3, 0.4) is 0 Å². The Bertz CT molecular complexity index is 852. The van der Waals surface area contributed by atoms with E-state index in [0.717, 1.165) is 44.9 Å². The molecule has 0 aliphatic heterocycles. The molecule has 36 heavy (non-hydrogen) atoms. The van der Waals surface area contributed by atoms with Gasteiger partial charge < -0.3 is 10.4 Å². The standard InChI is InChI=1S/C30H50N4O2/c1-19(9-14-28(36)32-21-7-5-4-6-8-21)24-12-13-25-23-11-10-20-17-22(33-34-31)15-16-29(20,2)26(23)18-27(35)30(24,25)3/h19-27,35H,4-18H2,1-3H3,(H,32,36)/t19-,20-,22+,23+,24-,25+,26+,27+,29+,30-/m1/s1. The fourth-order valence-electron chi connectivity index (χ4n) is 10.4. The van der Waals surface area contributed by atoms with Crippen LogP contribution in [-0.2, 0) is 4.79 Å². The van der Waals surface area contributed by atoms with Crippen molar-refractivity contribution < 1.29 is 9.90 Å². The zero-order chi connectivity index (χ0) is 25.5. The molecular weight excluding hydrogens is 448 g/mol. The third kappa shape index (κ3) is 4.59. The van der Waals surface area contributed by atoms with Gasteiger partial charge in [-0.05, 0) is 122 Å². The number of azide groups is 1. The first kappa shape index (κ1) is 26.4. The van der Waals surface area contributed by atoms with Gasteiger partial charge >= 0.3 is 0 Å². The molecule has 5 saturated carbocycles. The van der Waals surface area contributed by atoms with E-state index in [1.807, 2.05) is 0 Å². The Morgan fingerprint density at radius 3 is 2.58 bits per heavy atom. The Hall–Kier alpha value is -1.26. The first-order valence-corrected chi connectivity index (χ1v) is 15.3. The molecule has 0 aromatic rings. The molecule has 6 heteroatoms. The van der Waals surface area contributed by atoms with E-state index >= 15 is 0 Å². The molecule has 10 atom stereocenters. The van der Waals surface area contributed by atoms with Gasteiger partial charge in [-0.2, -0.15) is 0 Å². The second-order valence-corrected chi connectivity index (χ2v) is 14.0. The molecule has 6 nitrogen and oxygen atoms in total. The molecule has 0 aromatic heterocycles. The predicted molar refractivity (Wildman–Crippen MR) is 143 cm³/mol. The van der Waals surface area contributed by atoms with E-state index in [-0.39, 0.29) is 28.9 Å². The molecule has 0 radical (unpaired) electrons. The van der Waals surface area contributed by atoms with Crippen LogP contribution in [0.5, 0.6) is 0 Å². The number of nitrogens with zero attached hydrogens (tertiary/aromatic N) is 3. The van der Waals surface area contributed by atoms with Crippen molar-refractivity contribution in [1.29, 1.82) is 0 Å². The van der Waals surface area contributed by atoms with E-state index in [1.165, 1.54) is 44.9 Å². The Morgan fingerprint density at radius 2 is 1.83 bits per heavy atom. The normalized spacial score (nSPS) is 45.5. The molecule has 202 valence electrons. The van der Waals surface area contributed by atoms with Crippen LogP contribution in [0.2, 0.25) is 0 Å². The number of hydrogen-bond acceptors (Lipinski definition) is 3.